The summed E-state index contributed by atoms with van der Waals surface area (Å²) in [5, 5.41) is 0.917. The summed E-state index contributed by atoms with van der Waals surface area (Å²) in [5.74, 6) is -0.291. The number of nitrogens with two attached hydrogens (primary N) is 1. The Labute approximate surface area is 115 Å². The van der Waals surface area contributed by atoms with Crippen molar-refractivity contribution in [3.8, 4) is 0 Å². The largest absolute Gasteiger partial charge is 0.320 e. The second kappa shape index (κ2) is 5.27. The fourth-order valence-corrected chi connectivity index (χ4v) is 2.15. The Balaban J connectivity index is 2.40. The van der Waals surface area contributed by atoms with Crippen LogP contribution < -0.4 is 5.73 Å². The van der Waals surface area contributed by atoms with Gasteiger partial charge >= 0.3 is 0 Å². The molecular formula is C14H12Cl2FN. The van der Waals surface area contributed by atoms with E-state index in [1.165, 1.54) is 12.1 Å². The molecule has 0 saturated heterocycles. The lowest BCUT2D eigenvalue weighted by Crippen LogP contribution is -2.12. The van der Waals surface area contributed by atoms with E-state index in [1.54, 1.807) is 18.2 Å². The Morgan fingerprint density at radius 1 is 1.00 bits per heavy atom. The Kier molecular flexibility index (Phi) is 3.91. The van der Waals surface area contributed by atoms with Gasteiger partial charge in [0, 0.05) is 0 Å². The molecule has 0 radical (unpaired) electrons. The molecule has 2 rings (SSSR count). The van der Waals surface area contributed by atoms with Crippen LogP contribution >= 0.6 is 23.2 Å². The van der Waals surface area contributed by atoms with Crippen molar-refractivity contribution >= 4 is 23.2 Å². The third-order valence-corrected chi connectivity index (χ3v) is 3.47. The molecule has 0 aliphatic rings. The van der Waals surface area contributed by atoms with Crippen LogP contribution in [-0.4, -0.2) is 0 Å². The van der Waals surface area contributed by atoms with Crippen LogP contribution in [0.4, 0.5) is 4.39 Å². The van der Waals surface area contributed by atoms with Crippen molar-refractivity contribution < 1.29 is 4.39 Å². The molecule has 1 nitrogen and oxygen atoms in total. The van der Waals surface area contributed by atoms with Crippen LogP contribution in [-0.2, 0) is 0 Å². The molecule has 2 N–H and O–H groups in total. The first-order chi connectivity index (χ1) is 8.47. The maximum atomic E-state index is 13.3. The van der Waals surface area contributed by atoms with Crippen LogP contribution in [0.3, 0.4) is 0 Å². The first kappa shape index (κ1) is 13.3. The lowest BCUT2D eigenvalue weighted by Gasteiger charge is -2.14. The zero-order valence-electron chi connectivity index (χ0n) is 9.75. The highest BCUT2D eigenvalue weighted by molar-refractivity contribution is 6.42. The second-order valence-corrected chi connectivity index (χ2v) is 5.03. The fourth-order valence-electron chi connectivity index (χ4n) is 1.84. The van der Waals surface area contributed by atoms with Gasteiger partial charge in [-0.15, -0.1) is 0 Å². The van der Waals surface area contributed by atoms with Gasteiger partial charge in [0.2, 0.25) is 0 Å². The van der Waals surface area contributed by atoms with Gasteiger partial charge in [-0.05, 0) is 47.9 Å². The predicted octanol–water partition coefficient (Wildman–Crippen LogP) is 4.49. The second-order valence-electron chi connectivity index (χ2n) is 4.21. The van der Waals surface area contributed by atoms with Crippen molar-refractivity contribution in [2.24, 2.45) is 5.73 Å². The standard InChI is InChI=1S/C14H12Cl2FN/c1-8-4-10(6-11(17)5-8)14(18)9-2-3-12(15)13(16)7-9/h2-7,14H,18H2,1H3. The topological polar surface area (TPSA) is 26.0 Å². The molecule has 0 amide bonds. The van der Waals surface area contributed by atoms with E-state index in [2.05, 4.69) is 0 Å². The van der Waals surface area contributed by atoms with Gasteiger partial charge in [-0.2, -0.15) is 0 Å². The van der Waals surface area contributed by atoms with Crippen LogP contribution in [0.25, 0.3) is 0 Å². The van der Waals surface area contributed by atoms with Crippen molar-refractivity contribution in [1.82, 2.24) is 0 Å². The van der Waals surface area contributed by atoms with E-state index >= 15 is 0 Å². The summed E-state index contributed by atoms with van der Waals surface area (Å²) in [6, 6.07) is 9.51. The summed E-state index contributed by atoms with van der Waals surface area (Å²) in [7, 11) is 0. The average Bonchev–Trinajstić information content (AvgIpc) is 2.30. The third-order valence-electron chi connectivity index (χ3n) is 2.73. The first-order valence-corrected chi connectivity index (χ1v) is 6.20. The molecule has 2 aromatic rings. The zero-order chi connectivity index (χ0) is 13.3. The number of benzene rings is 2. The molecular weight excluding hydrogens is 272 g/mol. The van der Waals surface area contributed by atoms with Crippen LogP contribution in [0.15, 0.2) is 36.4 Å². The van der Waals surface area contributed by atoms with E-state index in [4.69, 9.17) is 28.9 Å². The molecule has 4 heteroatoms. The fraction of sp³-hybridized carbons (Fsp3) is 0.143. The summed E-state index contributed by atoms with van der Waals surface area (Å²) >= 11 is 11.8. The first-order valence-electron chi connectivity index (χ1n) is 5.45. The van der Waals surface area contributed by atoms with Crippen molar-refractivity contribution in [3.63, 3.8) is 0 Å². The highest BCUT2D eigenvalue weighted by Gasteiger charge is 2.12. The van der Waals surface area contributed by atoms with Crippen molar-refractivity contribution in [1.29, 1.82) is 0 Å². The van der Waals surface area contributed by atoms with Crippen molar-refractivity contribution in [2.45, 2.75) is 13.0 Å². The van der Waals surface area contributed by atoms with Crippen molar-refractivity contribution in [3.05, 3.63) is 69.0 Å². The SMILES string of the molecule is Cc1cc(F)cc(C(N)c2ccc(Cl)c(Cl)c2)c1. The molecule has 1 atom stereocenters. The van der Waals surface area contributed by atoms with E-state index in [-0.39, 0.29) is 5.82 Å². The predicted molar refractivity (Wildman–Crippen MR) is 73.6 cm³/mol. The highest BCUT2D eigenvalue weighted by atomic mass is 35.5. The van der Waals surface area contributed by atoms with Gasteiger partial charge in [0.05, 0.1) is 16.1 Å². The van der Waals surface area contributed by atoms with E-state index in [9.17, 15) is 4.39 Å². The molecule has 0 aliphatic heterocycles. The minimum absolute atomic E-state index is 0.291. The molecule has 0 saturated carbocycles. The minimum atomic E-state index is -0.422. The van der Waals surface area contributed by atoms with E-state index in [0.29, 0.717) is 15.6 Å². The summed E-state index contributed by atoms with van der Waals surface area (Å²) in [6.07, 6.45) is 0. The smallest absolute Gasteiger partial charge is 0.123 e. The van der Waals surface area contributed by atoms with Crippen LogP contribution in [0, 0.1) is 12.7 Å². The van der Waals surface area contributed by atoms with E-state index in [0.717, 1.165) is 11.1 Å². The molecule has 18 heavy (non-hydrogen) atoms. The van der Waals surface area contributed by atoms with Crippen LogP contribution in [0.5, 0.6) is 0 Å². The Hall–Kier alpha value is -1.09. The van der Waals surface area contributed by atoms with Crippen LogP contribution in [0.1, 0.15) is 22.7 Å². The van der Waals surface area contributed by atoms with Gasteiger partial charge in [-0.1, -0.05) is 35.3 Å². The van der Waals surface area contributed by atoms with E-state index < -0.39 is 6.04 Å². The number of hydrogen-bond donors (Lipinski definition) is 1. The van der Waals surface area contributed by atoms with Gasteiger partial charge in [0.1, 0.15) is 5.82 Å². The maximum Gasteiger partial charge on any atom is 0.123 e. The lowest BCUT2D eigenvalue weighted by molar-refractivity contribution is 0.622. The van der Waals surface area contributed by atoms with Crippen molar-refractivity contribution in [2.75, 3.05) is 0 Å². The Morgan fingerprint density at radius 3 is 2.33 bits per heavy atom. The number of rotatable bonds is 2. The average molecular weight is 284 g/mol. The molecule has 1 unspecified atom stereocenters. The lowest BCUT2D eigenvalue weighted by atomic mass is 9.98. The molecule has 0 spiro atoms. The molecule has 2 aromatic carbocycles. The zero-order valence-corrected chi connectivity index (χ0v) is 11.3. The molecule has 0 heterocycles. The van der Waals surface area contributed by atoms with Gasteiger partial charge in [-0.25, -0.2) is 4.39 Å². The normalized spacial score (nSPS) is 12.5. The minimum Gasteiger partial charge on any atom is -0.320 e. The number of aryl methyl sites for hydroxylation is 1. The van der Waals surface area contributed by atoms with Gasteiger partial charge < -0.3 is 5.73 Å². The molecule has 0 aliphatic carbocycles. The number of hydrogen-bond acceptors (Lipinski definition) is 1. The molecule has 94 valence electrons. The van der Waals surface area contributed by atoms with Gasteiger partial charge in [0.25, 0.3) is 0 Å². The summed E-state index contributed by atoms with van der Waals surface area (Å²) < 4.78 is 13.3. The summed E-state index contributed by atoms with van der Waals surface area (Å²) in [5.41, 5.74) is 8.45. The third kappa shape index (κ3) is 2.83. The highest BCUT2D eigenvalue weighted by Crippen LogP contribution is 2.28. The van der Waals surface area contributed by atoms with Gasteiger partial charge in [-0.3, -0.25) is 0 Å². The monoisotopic (exact) mass is 283 g/mol. The van der Waals surface area contributed by atoms with Crippen LogP contribution in [0.2, 0.25) is 10.0 Å². The summed E-state index contributed by atoms with van der Waals surface area (Å²) in [4.78, 5) is 0. The Bertz CT molecular complexity index is 564. The van der Waals surface area contributed by atoms with E-state index in [1.807, 2.05) is 13.0 Å². The molecule has 0 aromatic heterocycles. The quantitative estimate of drug-likeness (QED) is 0.864. The Morgan fingerprint density at radius 2 is 1.72 bits per heavy atom. The molecule has 0 bridgehead atoms. The maximum absolute atomic E-state index is 13.3. The molecule has 0 fully saturated rings. The van der Waals surface area contributed by atoms with Gasteiger partial charge in [0.15, 0.2) is 0 Å². The summed E-state index contributed by atoms with van der Waals surface area (Å²) in [6.45, 7) is 1.83. The number of halogens is 3.